The number of halogens is 3. The van der Waals surface area contributed by atoms with Crippen LogP contribution in [0.5, 0.6) is 5.75 Å². The second-order valence-corrected chi connectivity index (χ2v) is 10.2. The molecule has 0 aromatic heterocycles. The minimum atomic E-state index is -0.797. The predicted octanol–water partition coefficient (Wildman–Crippen LogP) is 7.52. The molecule has 10 heteroatoms. The van der Waals surface area contributed by atoms with Gasteiger partial charge in [-0.05, 0) is 76.5 Å². The van der Waals surface area contributed by atoms with Crippen molar-refractivity contribution in [2.24, 2.45) is 4.99 Å². The minimum absolute atomic E-state index is 0.00577. The van der Waals surface area contributed by atoms with Crippen molar-refractivity contribution in [1.29, 1.82) is 0 Å². The SMILES string of the molecule is CCOC(=O)C1=C(O)/C(=C/c2ccc(OCc3cccc(F)c3)c(Br)c2)SC1=NC(=O)c1ccccc1Cl. The summed E-state index contributed by atoms with van der Waals surface area (Å²) in [6.45, 7) is 1.89. The number of hydrogen-bond acceptors (Lipinski definition) is 6. The highest BCUT2D eigenvalue weighted by atomic mass is 79.9. The quantitative estimate of drug-likeness (QED) is 0.276. The van der Waals surface area contributed by atoms with E-state index in [-0.39, 0.29) is 46.0 Å². The van der Waals surface area contributed by atoms with Gasteiger partial charge in [0.15, 0.2) is 0 Å². The van der Waals surface area contributed by atoms with E-state index in [1.807, 2.05) is 0 Å². The highest BCUT2D eigenvalue weighted by Crippen LogP contribution is 2.40. The molecule has 0 saturated carbocycles. The van der Waals surface area contributed by atoms with Crippen LogP contribution >= 0.6 is 39.3 Å². The fourth-order valence-corrected chi connectivity index (χ4v) is 5.18. The van der Waals surface area contributed by atoms with Gasteiger partial charge < -0.3 is 14.6 Å². The molecule has 3 aromatic rings. The first-order valence-corrected chi connectivity index (χ1v) is 13.3. The summed E-state index contributed by atoms with van der Waals surface area (Å²) in [6, 6.07) is 17.8. The molecular weight excluding hydrogens is 597 g/mol. The third-order valence-corrected chi connectivity index (χ3v) is 7.18. The Morgan fingerprint density at radius 3 is 2.63 bits per heavy atom. The Kier molecular flexibility index (Phi) is 9.04. The van der Waals surface area contributed by atoms with Gasteiger partial charge in [0.1, 0.15) is 34.5 Å². The number of thioether (sulfide) groups is 1. The molecule has 1 N–H and O–H groups in total. The molecule has 0 atom stereocenters. The number of aliphatic hydroxyl groups is 1. The Balaban J connectivity index is 1.60. The number of hydrogen-bond donors (Lipinski definition) is 1. The molecule has 194 valence electrons. The van der Waals surface area contributed by atoms with Gasteiger partial charge in [0.2, 0.25) is 0 Å². The van der Waals surface area contributed by atoms with E-state index in [1.165, 1.54) is 18.2 Å². The fraction of sp³-hybridized carbons (Fsp3) is 0.107. The van der Waals surface area contributed by atoms with Gasteiger partial charge in [-0.15, -0.1) is 0 Å². The second kappa shape index (κ2) is 12.4. The van der Waals surface area contributed by atoms with Crippen molar-refractivity contribution in [3.8, 4) is 5.75 Å². The van der Waals surface area contributed by atoms with Gasteiger partial charge in [0.05, 0.1) is 26.6 Å². The maximum Gasteiger partial charge on any atom is 0.344 e. The van der Waals surface area contributed by atoms with Crippen LogP contribution in [0.3, 0.4) is 0 Å². The number of rotatable bonds is 7. The molecule has 1 aliphatic rings. The smallest absolute Gasteiger partial charge is 0.344 e. The number of benzene rings is 3. The largest absolute Gasteiger partial charge is 0.506 e. The molecular formula is C28H20BrClFNO5S. The third kappa shape index (κ3) is 6.53. The van der Waals surface area contributed by atoms with Crippen molar-refractivity contribution < 1.29 is 28.6 Å². The van der Waals surface area contributed by atoms with E-state index in [9.17, 15) is 19.1 Å². The van der Waals surface area contributed by atoms with Gasteiger partial charge in [-0.25, -0.2) is 14.2 Å². The highest BCUT2D eigenvalue weighted by Gasteiger charge is 2.34. The van der Waals surface area contributed by atoms with Gasteiger partial charge in [0, 0.05) is 0 Å². The van der Waals surface area contributed by atoms with E-state index in [1.54, 1.807) is 61.5 Å². The maximum atomic E-state index is 13.4. The maximum absolute atomic E-state index is 13.4. The molecule has 6 nitrogen and oxygen atoms in total. The zero-order valence-corrected chi connectivity index (χ0v) is 23.1. The van der Waals surface area contributed by atoms with E-state index < -0.39 is 11.9 Å². The summed E-state index contributed by atoms with van der Waals surface area (Å²) < 4.78 is 24.9. The van der Waals surface area contributed by atoms with Crippen LogP contribution in [0, 0.1) is 5.82 Å². The average molecular weight is 617 g/mol. The lowest BCUT2D eigenvalue weighted by atomic mass is 10.1. The summed E-state index contributed by atoms with van der Waals surface area (Å²) in [7, 11) is 0. The number of amides is 1. The first-order valence-electron chi connectivity index (χ1n) is 11.3. The monoisotopic (exact) mass is 615 g/mol. The Bertz CT molecular complexity index is 1500. The Morgan fingerprint density at radius 1 is 1.13 bits per heavy atom. The molecule has 0 aliphatic carbocycles. The zero-order chi connectivity index (χ0) is 27.2. The molecule has 4 rings (SSSR count). The van der Waals surface area contributed by atoms with E-state index in [0.29, 0.717) is 26.3 Å². The Labute approximate surface area is 236 Å². The van der Waals surface area contributed by atoms with Gasteiger partial charge in [0.25, 0.3) is 5.91 Å². The van der Waals surface area contributed by atoms with Crippen LogP contribution in [0.2, 0.25) is 5.02 Å². The minimum Gasteiger partial charge on any atom is -0.506 e. The van der Waals surface area contributed by atoms with Gasteiger partial charge in [-0.2, -0.15) is 0 Å². The lowest BCUT2D eigenvalue weighted by molar-refractivity contribution is -0.138. The third-order valence-electron chi connectivity index (χ3n) is 5.21. The summed E-state index contributed by atoms with van der Waals surface area (Å²) in [5.41, 5.74) is 1.33. The van der Waals surface area contributed by atoms with Gasteiger partial charge in [-0.3, -0.25) is 4.79 Å². The molecule has 0 unspecified atom stereocenters. The highest BCUT2D eigenvalue weighted by molar-refractivity contribution is 9.10. The normalized spacial score (nSPS) is 15.3. The lowest BCUT2D eigenvalue weighted by Gasteiger charge is -2.09. The average Bonchev–Trinajstić information content (AvgIpc) is 3.18. The first-order chi connectivity index (χ1) is 18.3. The van der Waals surface area contributed by atoms with E-state index >= 15 is 0 Å². The van der Waals surface area contributed by atoms with E-state index in [0.717, 1.165) is 11.8 Å². The molecule has 0 saturated heterocycles. The van der Waals surface area contributed by atoms with Crippen molar-refractivity contribution in [3.05, 3.63) is 115 Å². The number of aliphatic imine (C=N–C) groups is 1. The second-order valence-electron chi connectivity index (χ2n) is 7.87. The van der Waals surface area contributed by atoms with Gasteiger partial charge in [-0.1, -0.05) is 53.7 Å². The summed E-state index contributed by atoms with van der Waals surface area (Å²) in [5, 5.41) is 11.1. The van der Waals surface area contributed by atoms with Crippen molar-refractivity contribution >= 4 is 62.3 Å². The number of carbonyl (C=O) groups is 2. The topological polar surface area (TPSA) is 85.2 Å². The predicted molar refractivity (Wildman–Crippen MR) is 150 cm³/mol. The van der Waals surface area contributed by atoms with Crippen LogP contribution in [-0.4, -0.2) is 28.6 Å². The molecule has 1 amide bonds. The van der Waals surface area contributed by atoms with Crippen LogP contribution in [0.4, 0.5) is 4.39 Å². The van der Waals surface area contributed by atoms with Crippen molar-refractivity contribution in [3.63, 3.8) is 0 Å². The summed E-state index contributed by atoms with van der Waals surface area (Å²) in [5.74, 6) is -1.60. The molecule has 0 fully saturated rings. The Morgan fingerprint density at radius 2 is 1.92 bits per heavy atom. The Hall–Kier alpha value is -3.40. The number of aliphatic hydroxyl groups excluding tert-OH is 1. The fourth-order valence-electron chi connectivity index (χ4n) is 3.44. The van der Waals surface area contributed by atoms with E-state index in [2.05, 4.69) is 20.9 Å². The molecule has 0 radical (unpaired) electrons. The van der Waals surface area contributed by atoms with Crippen LogP contribution in [0.25, 0.3) is 6.08 Å². The molecule has 0 spiro atoms. The van der Waals surface area contributed by atoms with Crippen LogP contribution < -0.4 is 4.74 Å². The van der Waals surface area contributed by atoms with Crippen molar-refractivity contribution in [1.82, 2.24) is 0 Å². The van der Waals surface area contributed by atoms with Crippen molar-refractivity contribution in [2.45, 2.75) is 13.5 Å². The van der Waals surface area contributed by atoms with Crippen molar-refractivity contribution in [2.75, 3.05) is 6.61 Å². The van der Waals surface area contributed by atoms with Crippen LogP contribution in [0.15, 0.2) is 92.4 Å². The number of esters is 1. The zero-order valence-electron chi connectivity index (χ0n) is 19.9. The molecule has 38 heavy (non-hydrogen) atoms. The number of carbonyl (C=O) groups excluding carboxylic acids is 2. The molecule has 0 bridgehead atoms. The lowest BCUT2D eigenvalue weighted by Crippen LogP contribution is -2.14. The molecule has 1 aliphatic heterocycles. The van der Waals surface area contributed by atoms with Crippen LogP contribution in [-0.2, 0) is 16.1 Å². The first kappa shape index (κ1) is 27.6. The standard InChI is InChI=1S/C28H20BrClFNO5S/c1-2-36-28(35)24-25(33)23(38-27(24)32-26(34)19-8-3-4-9-21(19)30)14-16-10-11-22(20(29)13-16)37-15-17-6-5-7-18(31)12-17/h3-14,33H,2,15H2,1H3/b23-14-,32-27?. The van der Waals surface area contributed by atoms with Gasteiger partial charge >= 0.3 is 5.97 Å². The van der Waals surface area contributed by atoms with Crippen LogP contribution in [0.1, 0.15) is 28.4 Å². The summed E-state index contributed by atoms with van der Waals surface area (Å²) >= 11 is 10.5. The molecule has 1 heterocycles. The number of nitrogens with zero attached hydrogens (tertiary/aromatic N) is 1. The summed E-state index contributed by atoms with van der Waals surface area (Å²) in [6.07, 6.45) is 1.64. The summed E-state index contributed by atoms with van der Waals surface area (Å²) in [4.78, 5) is 29.8. The molecule has 3 aromatic carbocycles. The number of ether oxygens (including phenoxy) is 2. The van der Waals surface area contributed by atoms with E-state index in [4.69, 9.17) is 21.1 Å².